The average molecular weight is 249 g/mol. The van der Waals surface area contributed by atoms with Crippen LogP contribution >= 0.6 is 0 Å². The van der Waals surface area contributed by atoms with Gasteiger partial charge < -0.3 is 7.43 Å². The van der Waals surface area contributed by atoms with Crippen LogP contribution in [-0.4, -0.2) is 5.92 Å². The van der Waals surface area contributed by atoms with E-state index in [1.807, 2.05) is 24.3 Å². The molecule has 0 nitrogen and oxygen atoms in total. The molecule has 1 aliphatic rings. The molecule has 3 heteroatoms. The molecule has 0 N–H and O–H groups in total. The second kappa shape index (κ2) is 7.22. The molecule has 0 spiro atoms. The summed E-state index contributed by atoms with van der Waals surface area (Å²) >= 11 is 0. The Hall–Kier alpha value is 0.716. The first kappa shape index (κ1) is 16.7. The van der Waals surface area contributed by atoms with Crippen LogP contribution in [0, 0.1) is 13.5 Å². The number of benzene rings is 1. The van der Waals surface area contributed by atoms with Crippen LogP contribution in [0.1, 0.15) is 37.2 Å². The van der Waals surface area contributed by atoms with Crippen LogP contribution in [0.25, 0.3) is 0 Å². The molecule has 0 amide bonds. The third-order valence-corrected chi connectivity index (χ3v) is 2.89. The van der Waals surface area contributed by atoms with Crippen LogP contribution in [0.15, 0.2) is 24.3 Å². The first-order valence-electron chi connectivity index (χ1n) is 5.02. The van der Waals surface area contributed by atoms with Crippen molar-refractivity contribution in [2.75, 3.05) is 0 Å². The van der Waals surface area contributed by atoms with Gasteiger partial charge in [-0.1, -0.05) is 0 Å². The van der Waals surface area contributed by atoms with Crippen LogP contribution < -0.4 is 51.4 Å². The second-order valence-electron chi connectivity index (χ2n) is 3.95. The van der Waals surface area contributed by atoms with Crippen molar-refractivity contribution in [1.29, 1.82) is 0 Å². The maximum Gasteiger partial charge on any atom is 1.00 e. The van der Waals surface area contributed by atoms with E-state index in [2.05, 4.69) is 6.07 Å². The largest absolute Gasteiger partial charge is 1.00 e. The van der Waals surface area contributed by atoms with Gasteiger partial charge in [-0.05, 0) is 18.8 Å². The van der Waals surface area contributed by atoms with E-state index in [-0.39, 0.29) is 77.6 Å². The van der Waals surface area contributed by atoms with Crippen molar-refractivity contribution in [3.63, 3.8) is 0 Å². The van der Waals surface area contributed by atoms with Gasteiger partial charge in [-0.2, -0.15) is 35.9 Å². The van der Waals surface area contributed by atoms with Gasteiger partial charge in [0.2, 0.25) is 5.92 Å². The third kappa shape index (κ3) is 4.53. The van der Waals surface area contributed by atoms with Crippen molar-refractivity contribution in [2.24, 2.45) is 0 Å². The van der Waals surface area contributed by atoms with Crippen molar-refractivity contribution < 1.29 is 60.2 Å². The van der Waals surface area contributed by atoms with Crippen molar-refractivity contribution >= 4 is 0 Å². The Morgan fingerprint density at radius 3 is 2.31 bits per heavy atom. The molecule has 84 valence electrons. The van der Waals surface area contributed by atoms with E-state index in [9.17, 15) is 8.78 Å². The summed E-state index contributed by atoms with van der Waals surface area (Å²) in [7, 11) is 0. The predicted octanol–water partition coefficient (Wildman–Crippen LogP) is 1.23. The van der Waals surface area contributed by atoms with Gasteiger partial charge in [-0.25, -0.2) is 8.78 Å². The minimum Gasteiger partial charge on any atom is -0.358 e. The standard InChI is InChI=1S/C12H13F2.CH3.K/c13-12(14)8-6-11(7-9-12)10-4-2-1-3-5-10;;/h1-4,11H,6-9H2;1H3;/q2*-1;+1. The van der Waals surface area contributed by atoms with Crippen LogP contribution in [0.3, 0.4) is 0 Å². The summed E-state index contributed by atoms with van der Waals surface area (Å²) in [5, 5.41) is 0. The normalized spacial score (nSPS) is 19.4. The minimum atomic E-state index is -2.43. The molecule has 16 heavy (non-hydrogen) atoms. The first-order chi connectivity index (χ1) is 6.67. The number of halogens is 2. The molecule has 0 atom stereocenters. The fraction of sp³-hybridized carbons (Fsp3) is 0.462. The Kier molecular flexibility index (Phi) is 7.54. The Bertz CT molecular complexity index is 288. The molecular weight excluding hydrogens is 233 g/mol. The van der Waals surface area contributed by atoms with E-state index in [4.69, 9.17) is 0 Å². The van der Waals surface area contributed by atoms with Gasteiger partial charge in [0.05, 0.1) is 0 Å². The van der Waals surface area contributed by atoms with Gasteiger partial charge in [-0.15, -0.1) is 0 Å². The van der Waals surface area contributed by atoms with Crippen molar-refractivity contribution in [2.45, 2.75) is 37.5 Å². The molecule has 0 aromatic heterocycles. The summed E-state index contributed by atoms with van der Waals surface area (Å²) in [4.78, 5) is 0. The molecule has 0 aliphatic heterocycles. The molecule has 1 aliphatic carbocycles. The van der Waals surface area contributed by atoms with E-state index in [1.54, 1.807) is 0 Å². The summed E-state index contributed by atoms with van der Waals surface area (Å²) < 4.78 is 25.8. The predicted molar refractivity (Wildman–Crippen MR) is 57.8 cm³/mol. The first-order valence-corrected chi connectivity index (χ1v) is 5.02. The molecule has 1 saturated carbocycles. The minimum absolute atomic E-state index is 0. The summed E-state index contributed by atoms with van der Waals surface area (Å²) in [5.41, 5.74) is 1.09. The van der Waals surface area contributed by atoms with Gasteiger partial charge in [0, 0.05) is 12.8 Å². The Labute approximate surface area is 139 Å². The van der Waals surface area contributed by atoms with Gasteiger partial charge in [0.15, 0.2) is 0 Å². The molecule has 1 aromatic rings. The van der Waals surface area contributed by atoms with Gasteiger partial charge in [0.25, 0.3) is 0 Å². The zero-order valence-electron chi connectivity index (χ0n) is 9.97. The molecule has 0 saturated heterocycles. The van der Waals surface area contributed by atoms with Crippen LogP contribution in [0.2, 0.25) is 0 Å². The summed E-state index contributed by atoms with van der Waals surface area (Å²) in [6.07, 6.45) is 1.24. The third-order valence-electron chi connectivity index (χ3n) is 2.89. The summed E-state index contributed by atoms with van der Waals surface area (Å²) in [5.74, 6) is -2.14. The van der Waals surface area contributed by atoms with Gasteiger partial charge in [-0.3, -0.25) is 0 Å². The molecule has 1 aromatic carbocycles. The molecule has 0 bridgehead atoms. The topological polar surface area (TPSA) is 0 Å². The van der Waals surface area contributed by atoms with Gasteiger partial charge >= 0.3 is 51.4 Å². The molecule has 0 unspecified atom stereocenters. The number of hydrogen-bond donors (Lipinski definition) is 0. The summed E-state index contributed by atoms with van der Waals surface area (Å²) in [6, 6.07) is 10.8. The SMILES string of the molecule is FC1(F)CCC(c2[c-]cccc2)CC1.[CH3-].[K+]. The molecule has 2 rings (SSSR count). The maximum absolute atomic E-state index is 12.9. The van der Waals surface area contributed by atoms with Crippen molar-refractivity contribution in [3.8, 4) is 0 Å². The van der Waals surface area contributed by atoms with E-state index >= 15 is 0 Å². The Morgan fingerprint density at radius 1 is 1.19 bits per heavy atom. The number of rotatable bonds is 1. The molecule has 0 heterocycles. The van der Waals surface area contributed by atoms with E-state index in [0.717, 1.165) is 5.56 Å². The summed E-state index contributed by atoms with van der Waals surface area (Å²) in [6.45, 7) is 0. The van der Waals surface area contributed by atoms with Crippen LogP contribution in [0.5, 0.6) is 0 Å². The Balaban J connectivity index is 0.00000112. The smallest absolute Gasteiger partial charge is 0.358 e. The zero-order chi connectivity index (χ0) is 10.0. The quantitative estimate of drug-likeness (QED) is 0.519. The molecular formula is C13H16F2K-. The molecule has 1 fully saturated rings. The number of alkyl halides is 2. The van der Waals surface area contributed by atoms with Crippen molar-refractivity contribution in [1.82, 2.24) is 0 Å². The zero-order valence-corrected chi connectivity index (χ0v) is 13.1. The van der Waals surface area contributed by atoms with E-state index < -0.39 is 5.92 Å². The average Bonchev–Trinajstić information content (AvgIpc) is 2.19. The molecule has 0 radical (unpaired) electrons. The maximum atomic E-state index is 12.9. The fourth-order valence-electron chi connectivity index (χ4n) is 2.01. The monoisotopic (exact) mass is 249 g/mol. The van der Waals surface area contributed by atoms with Crippen LogP contribution in [0.4, 0.5) is 8.78 Å². The van der Waals surface area contributed by atoms with E-state index in [1.165, 1.54) is 0 Å². The van der Waals surface area contributed by atoms with Gasteiger partial charge in [0.1, 0.15) is 0 Å². The Morgan fingerprint density at radius 2 is 1.81 bits per heavy atom. The van der Waals surface area contributed by atoms with Crippen LogP contribution in [-0.2, 0) is 0 Å². The number of hydrogen-bond acceptors (Lipinski definition) is 0. The second-order valence-corrected chi connectivity index (χ2v) is 3.95. The van der Waals surface area contributed by atoms with E-state index in [0.29, 0.717) is 12.8 Å². The fourth-order valence-corrected chi connectivity index (χ4v) is 2.01. The van der Waals surface area contributed by atoms with Crippen molar-refractivity contribution in [3.05, 3.63) is 43.3 Å².